The second kappa shape index (κ2) is 6.86. The maximum Gasteiger partial charge on any atom is 0.277 e. The van der Waals surface area contributed by atoms with E-state index in [1.165, 1.54) is 0 Å². The van der Waals surface area contributed by atoms with Crippen molar-refractivity contribution in [1.29, 1.82) is 0 Å². The lowest BCUT2D eigenvalue weighted by Crippen LogP contribution is -2.21. The molecule has 1 aromatic carbocycles. The first kappa shape index (κ1) is 17.1. The highest BCUT2D eigenvalue weighted by Crippen LogP contribution is 2.25. The van der Waals surface area contributed by atoms with Crippen molar-refractivity contribution < 1.29 is 9.59 Å². The van der Waals surface area contributed by atoms with Crippen molar-refractivity contribution in [1.82, 2.24) is 0 Å². The van der Waals surface area contributed by atoms with E-state index in [2.05, 4.69) is 4.99 Å². The number of nitrogens with zero attached hydrogens (tertiary/aromatic N) is 1. The van der Waals surface area contributed by atoms with E-state index in [-0.39, 0.29) is 23.5 Å². The summed E-state index contributed by atoms with van der Waals surface area (Å²) < 4.78 is 0. The molecular formula is C20H23NO2. The van der Waals surface area contributed by atoms with Gasteiger partial charge >= 0.3 is 0 Å². The number of amides is 1. The molecule has 0 N–H and O–H groups in total. The predicted molar refractivity (Wildman–Crippen MR) is 93.8 cm³/mol. The summed E-state index contributed by atoms with van der Waals surface area (Å²) in [6, 6.07) is 7.36. The molecule has 1 aliphatic carbocycles. The third-order valence-corrected chi connectivity index (χ3v) is 3.87. The number of carbonyl (C=O) groups is 2. The van der Waals surface area contributed by atoms with Gasteiger partial charge in [0, 0.05) is 16.7 Å². The zero-order valence-electron chi connectivity index (χ0n) is 14.4. The number of Topliss-reactive ketones (excluding diaryl/α,β-unsaturated/α-hetero) is 1. The van der Waals surface area contributed by atoms with Crippen LogP contribution in [0.25, 0.3) is 0 Å². The Morgan fingerprint density at radius 1 is 1.00 bits per heavy atom. The molecule has 3 heteroatoms. The lowest BCUT2D eigenvalue weighted by atomic mass is 9.84. The van der Waals surface area contributed by atoms with Crippen molar-refractivity contribution in [3.05, 3.63) is 58.7 Å². The summed E-state index contributed by atoms with van der Waals surface area (Å²) in [7, 11) is 0. The second-order valence-corrected chi connectivity index (χ2v) is 6.55. The molecular weight excluding hydrogens is 286 g/mol. The smallest absolute Gasteiger partial charge is 0.277 e. The third kappa shape index (κ3) is 3.92. The number of carbonyl (C=O) groups excluding carboxylic acids is 2. The van der Waals surface area contributed by atoms with Crippen molar-refractivity contribution in [3.63, 3.8) is 0 Å². The van der Waals surface area contributed by atoms with Gasteiger partial charge in [0.05, 0.1) is 5.71 Å². The van der Waals surface area contributed by atoms with Gasteiger partial charge in [-0.3, -0.25) is 9.59 Å². The minimum Gasteiger partial charge on any atom is -0.289 e. The van der Waals surface area contributed by atoms with Gasteiger partial charge in [-0.2, -0.15) is 0 Å². The van der Waals surface area contributed by atoms with Crippen molar-refractivity contribution in [3.8, 4) is 0 Å². The topological polar surface area (TPSA) is 46.5 Å². The lowest BCUT2D eigenvalue weighted by Gasteiger charge is -2.19. The fraction of sp³-hybridized carbons (Fsp3) is 0.350. The van der Waals surface area contributed by atoms with Crippen LogP contribution >= 0.6 is 0 Å². The number of aryl methyl sites for hydroxylation is 1. The average molecular weight is 309 g/mol. The molecule has 0 aromatic heterocycles. The van der Waals surface area contributed by atoms with Gasteiger partial charge in [0.25, 0.3) is 5.91 Å². The van der Waals surface area contributed by atoms with Gasteiger partial charge in [-0.25, -0.2) is 4.99 Å². The van der Waals surface area contributed by atoms with Crippen LogP contribution in [-0.2, 0) is 4.79 Å². The Morgan fingerprint density at radius 2 is 1.57 bits per heavy atom. The number of ketones is 1. The Labute approximate surface area is 137 Å². The largest absolute Gasteiger partial charge is 0.289 e. The predicted octanol–water partition coefficient (Wildman–Crippen LogP) is 4.32. The summed E-state index contributed by atoms with van der Waals surface area (Å²) in [4.78, 5) is 29.1. The van der Waals surface area contributed by atoms with Crippen molar-refractivity contribution in [2.75, 3.05) is 0 Å². The molecule has 1 amide bonds. The van der Waals surface area contributed by atoms with Crippen LogP contribution in [0.2, 0.25) is 0 Å². The molecule has 0 bridgehead atoms. The van der Waals surface area contributed by atoms with E-state index in [4.69, 9.17) is 0 Å². The van der Waals surface area contributed by atoms with Crippen LogP contribution in [0.1, 0.15) is 43.6 Å². The third-order valence-electron chi connectivity index (χ3n) is 3.87. The molecule has 2 rings (SSSR count). The van der Waals surface area contributed by atoms with Gasteiger partial charge in [0.1, 0.15) is 0 Å². The number of hydrogen-bond acceptors (Lipinski definition) is 2. The van der Waals surface area contributed by atoms with E-state index in [1.807, 2.05) is 52.8 Å². The molecule has 0 atom stereocenters. The number of allylic oxidation sites excluding steroid dienone is 4. The quantitative estimate of drug-likeness (QED) is 0.780. The summed E-state index contributed by atoms with van der Waals surface area (Å²) >= 11 is 0. The normalized spacial score (nSPS) is 14.9. The van der Waals surface area contributed by atoms with Gasteiger partial charge in [-0.15, -0.1) is 0 Å². The van der Waals surface area contributed by atoms with Crippen LogP contribution in [-0.4, -0.2) is 17.4 Å². The van der Waals surface area contributed by atoms with E-state index in [0.717, 1.165) is 5.56 Å². The van der Waals surface area contributed by atoms with Crippen LogP contribution in [0, 0.1) is 18.8 Å². The summed E-state index contributed by atoms with van der Waals surface area (Å²) in [6.07, 6.45) is 3.49. The zero-order chi connectivity index (χ0) is 17.1. The lowest BCUT2D eigenvalue weighted by molar-refractivity contribution is -0.113. The van der Waals surface area contributed by atoms with Gasteiger partial charge in [0.15, 0.2) is 5.78 Å². The summed E-state index contributed by atoms with van der Waals surface area (Å²) in [5.41, 5.74) is 3.57. The number of hydrogen-bond donors (Lipinski definition) is 0. The highest BCUT2D eigenvalue weighted by Gasteiger charge is 2.25. The molecule has 3 nitrogen and oxygen atoms in total. The second-order valence-electron chi connectivity index (χ2n) is 6.55. The Balaban J connectivity index is 2.43. The van der Waals surface area contributed by atoms with Gasteiger partial charge in [-0.1, -0.05) is 45.4 Å². The van der Waals surface area contributed by atoms with E-state index < -0.39 is 0 Å². The first-order valence-electron chi connectivity index (χ1n) is 7.97. The van der Waals surface area contributed by atoms with Crippen LogP contribution < -0.4 is 0 Å². The molecule has 0 radical (unpaired) electrons. The number of benzene rings is 1. The number of rotatable bonds is 3. The first-order valence-corrected chi connectivity index (χ1v) is 7.97. The van der Waals surface area contributed by atoms with Crippen LogP contribution in [0.4, 0.5) is 0 Å². The fourth-order valence-corrected chi connectivity index (χ4v) is 2.54. The monoisotopic (exact) mass is 309 g/mol. The first-order chi connectivity index (χ1) is 10.8. The summed E-state index contributed by atoms with van der Waals surface area (Å²) in [5, 5.41) is 0. The molecule has 0 aliphatic heterocycles. The van der Waals surface area contributed by atoms with E-state index in [9.17, 15) is 9.59 Å². The van der Waals surface area contributed by atoms with Crippen LogP contribution in [0.15, 0.2) is 52.6 Å². The summed E-state index contributed by atoms with van der Waals surface area (Å²) in [6.45, 7) is 9.86. The highest BCUT2D eigenvalue weighted by atomic mass is 16.1. The standard InChI is InChI=1S/C20H23NO2/c1-12(2)17-10-16(11-18(13(3)4)19(17)22)21-20(23)15-8-6-7-14(5)9-15/h6-13H,1-5H3. The molecule has 0 heterocycles. The Bertz CT molecular complexity index is 704. The molecule has 0 unspecified atom stereocenters. The summed E-state index contributed by atoms with van der Waals surface area (Å²) in [5.74, 6) is -0.0119. The molecule has 1 aliphatic rings. The molecule has 0 saturated heterocycles. The average Bonchev–Trinajstić information content (AvgIpc) is 2.48. The minimum atomic E-state index is -0.281. The molecule has 0 fully saturated rings. The number of aliphatic imine (C=N–C) groups is 1. The van der Waals surface area contributed by atoms with Crippen LogP contribution in [0.5, 0.6) is 0 Å². The van der Waals surface area contributed by atoms with E-state index in [0.29, 0.717) is 22.4 Å². The SMILES string of the molecule is Cc1cccc(C(=O)N=C2C=C(C(C)C)C(=O)C(C(C)C)=C2)c1. The van der Waals surface area contributed by atoms with Gasteiger partial charge in [-0.05, 0) is 43.0 Å². The molecule has 0 spiro atoms. The molecule has 1 aromatic rings. The van der Waals surface area contributed by atoms with Crippen LogP contribution in [0.3, 0.4) is 0 Å². The fourth-order valence-electron chi connectivity index (χ4n) is 2.54. The molecule has 0 saturated carbocycles. The van der Waals surface area contributed by atoms with E-state index in [1.54, 1.807) is 18.2 Å². The Kier molecular flexibility index (Phi) is 5.09. The molecule has 120 valence electrons. The zero-order valence-corrected chi connectivity index (χ0v) is 14.4. The Morgan fingerprint density at radius 3 is 2.04 bits per heavy atom. The maximum atomic E-state index is 12.5. The highest BCUT2D eigenvalue weighted by molar-refractivity contribution is 6.24. The van der Waals surface area contributed by atoms with Gasteiger partial charge in [0.2, 0.25) is 0 Å². The van der Waals surface area contributed by atoms with Crippen molar-refractivity contribution in [2.45, 2.75) is 34.6 Å². The van der Waals surface area contributed by atoms with E-state index >= 15 is 0 Å². The maximum absolute atomic E-state index is 12.5. The minimum absolute atomic E-state index is 0.0666. The van der Waals surface area contributed by atoms with Crippen molar-refractivity contribution in [2.24, 2.45) is 16.8 Å². The van der Waals surface area contributed by atoms with Crippen molar-refractivity contribution >= 4 is 17.4 Å². The van der Waals surface area contributed by atoms with Gasteiger partial charge < -0.3 is 0 Å². The molecule has 23 heavy (non-hydrogen) atoms. The Hall–Kier alpha value is -2.29.